The zero-order valence-electron chi connectivity index (χ0n) is 11.8. The molecule has 0 bridgehead atoms. The van der Waals surface area contributed by atoms with Gasteiger partial charge < -0.3 is 10.1 Å². The molecule has 112 valence electrons. The Morgan fingerprint density at radius 1 is 1.43 bits per heavy atom. The number of esters is 1. The minimum absolute atomic E-state index is 0.140. The second-order valence-electron chi connectivity index (χ2n) is 4.46. The standard InChI is InChI=1S/C15H17FN2O3/c1-21-15(20)13(8-3-2-4-9-17)18-14(19)11-6-5-7-12(16)10-11/h5-7,10,13H,2-4,8H2,1H3,(H,18,19)/t13-/m0/s1. The predicted octanol–water partition coefficient (Wildman–Crippen LogP) is 2.18. The van der Waals surface area contributed by atoms with Gasteiger partial charge in [0.15, 0.2) is 0 Å². The van der Waals surface area contributed by atoms with Crippen molar-refractivity contribution in [2.75, 3.05) is 7.11 Å². The van der Waals surface area contributed by atoms with Crippen LogP contribution >= 0.6 is 0 Å². The fourth-order valence-electron chi connectivity index (χ4n) is 1.82. The minimum atomic E-state index is -0.801. The maximum absolute atomic E-state index is 13.1. The molecule has 1 rings (SSSR count). The zero-order valence-corrected chi connectivity index (χ0v) is 11.8. The number of rotatable bonds is 7. The van der Waals surface area contributed by atoms with Gasteiger partial charge in [-0.15, -0.1) is 0 Å². The molecular formula is C15H17FN2O3. The van der Waals surface area contributed by atoms with E-state index in [0.717, 1.165) is 6.07 Å². The average molecular weight is 292 g/mol. The third kappa shape index (κ3) is 5.61. The van der Waals surface area contributed by atoms with Gasteiger partial charge >= 0.3 is 5.97 Å². The fraction of sp³-hybridized carbons (Fsp3) is 0.400. The van der Waals surface area contributed by atoms with Crippen LogP contribution in [0.3, 0.4) is 0 Å². The predicted molar refractivity (Wildman–Crippen MR) is 73.8 cm³/mol. The lowest BCUT2D eigenvalue weighted by molar-refractivity contribution is -0.143. The quantitative estimate of drug-likeness (QED) is 0.617. The Morgan fingerprint density at radius 2 is 2.19 bits per heavy atom. The first-order chi connectivity index (χ1) is 10.1. The summed E-state index contributed by atoms with van der Waals surface area (Å²) in [5.74, 6) is -1.62. The van der Waals surface area contributed by atoms with Crippen LogP contribution in [-0.4, -0.2) is 25.0 Å². The van der Waals surface area contributed by atoms with Gasteiger partial charge in [0.25, 0.3) is 5.91 Å². The number of benzene rings is 1. The number of nitrogens with zero attached hydrogens (tertiary/aromatic N) is 1. The van der Waals surface area contributed by atoms with E-state index < -0.39 is 23.7 Å². The van der Waals surface area contributed by atoms with Crippen molar-refractivity contribution in [3.8, 4) is 6.07 Å². The molecule has 1 amide bonds. The maximum atomic E-state index is 13.1. The van der Waals surface area contributed by atoms with Crippen molar-refractivity contribution in [2.45, 2.75) is 31.7 Å². The van der Waals surface area contributed by atoms with E-state index in [1.165, 1.54) is 25.3 Å². The first-order valence-electron chi connectivity index (χ1n) is 6.59. The summed E-state index contributed by atoms with van der Waals surface area (Å²) >= 11 is 0. The smallest absolute Gasteiger partial charge is 0.328 e. The molecule has 0 radical (unpaired) electrons. The van der Waals surface area contributed by atoms with Crippen molar-refractivity contribution in [2.24, 2.45) is 0 Å². The van der Waals surface area contributed by atoms with Gasteiger partial charge in [-0.1, -0.05) is 6.07 Å². The second-order valence-corrected chi connectivity index (χ2v) is 4.46. The topological polar surface area (TPSA) is 79.2 Å². The molecule has 0 aliphatic rings. The number of halogens is 1. The van der Waals surface area contributed by atoms with Crippen molar-refractivity contribution >= 4 is 11.9 Å². The number of hydrogen-bond acceptors (Lipinski definition) is 4. The van der Waals surface area contributed by atoms with Crippen LogP contribution in [0.4, 0.5) is 4.39 Å². The highest BCUT2D eigenvalue weighted by Crippen LogP contribution is 2.08. The molecule has 1 aromatic rings. The number of carbonyl (C=O) groups excluding carboxylic acids is 2. The summed E-state index contributed by atoms with van der Waals surface area (Å²) in [4.78, 5) is 23.6. The van der Waals surface area contributed by atoms with E-state index in [1.807, 2.05) is 6.07 Å². The SMILES string of the molecule is COC(=O)[C@H](CCCCC#N)NC(=O)c1cccc(F)c1. The van der Waals surface area contributed by atoms with Crippen molar-refractivity contribution < 1.29 is 18.7 Å². The number of amides is 1. The van der Waals surface area contributed by atoms with E-state index in [1.54, 1.807) is 0 Å². The number of hydrogen-bond donors (Lipinski definition) is 1. The summed E-state index contributed by atoms with van der Waals surface area (Å²) in [7, 11) is 1.24. The number of nitrogens with one attached hydrogen (secondary N) is 1. The van der Waals surface area contributed by atoms with Crippen LogP contribution < -0.4 is 5.32 Å². The van der Waals surface area contributed by atoms with E-state index in [4.69, 9.17) is 5.26 Å². The number of methoxy groups -OCH3 is 1. The van der Waals surface area contributed by atoms with Crippen molar-refractivity contribution in [1.29, 1.82) is 5.26 Å². The highest BCUT2D eigenvalue weighted by atomic mass is 19.1. The fourth-order valence-corrected chi connectivity index (χ4v) is 1.82. The molecule has 0 unspecified atom stereocenters. The maximum Gasteiger partial charge on any atom is 0.328 e. The summed E-state index contributed by atoms with van der Waals surface area (Å²) < 4.78 is 17.7. The van der Waals surface area contributed by atoms with Gasteiger partial charge in [-0.05, 0) is 37.5 Å². The molecule has 0 heterocycles. The number of carbonyl (C=O) groups is 2. The Morgan fingerprint density at radius 3 is 2.81 bits per heavy atom. The molecule has 5 nitrogen and oxygen atoms in total. The third-order valence-corrected chi connectivity index (χ3v) is 2.91. The van der Waals surface area contributed by atoms with Gasteiger partial charge in [0.1, 0.15) is 11.9 Å². The first-order valence-corrected chi connectivity index (χ1v) is 6.59. The molecule has 0 fully saturated rings. The first kappa shape index (κ1) is 16.6. The lowest BCUT2D eigenvalue weighted by Crippen LogP contribution is -2.41. The molecule has 0 saturated carbocycles. The van der Waals surface area contributed by atoms with Gasteiger partial charge in [-0.2, -0.15) is 5.26 Å². The monoisotopic (exact) mass is 292 g/mol. The third-order valence-electron chi connectivity index (χ3n) is 2.91. The number of nitriles is 1. The Hall–Kier alpha value is -2.42. The molecule has 1 aromatic carbocycles. The lowest BCUT2D eigenvalue weighted by Gasteiger charge is -2.16. The zero-order chi connectivity index (χ0) is 15.7. The van der Waals surface area contributed by atoms with Gasteiger partial charge in [-0.25, -0.2) is 9.18 Å². The van der Waals surface area contributed by atoms with E-state index in [0.29, 0.717) is 25.7 Å². The lowest BCUT2D eigenvalue weighted by atomic mass is 10.1. The number of ether oxygens (including phenoxy) is 1. The highest BCUT2D eigenvalue weighted by Gasteiger charge is 2.21. The Kier molecular flexibility index (Phi) is 6.88. The Labute approximate surface area is 122 Å². The Balaban J connectivity index is 2.65. The molecule has 0 aliphatic carbocycles. The van der Waals surface area contributed by atoms with Crippen molar-refractivity contribution in [3.63, 3.8) is 0 Å². The molecule has 21 heavy (non-hydrogen) atoms. The van der Waals surface area contributed by atoms with Crippen molar-refractivity contribution in [1.82, 2.24) is 5.32 Å². The highest BCUT2D eigenvalue weighted by molar-refractivity contribution is 5.96. The Bertz CT molecular complexity index is 540. The van der Waals surface area contributed by atoms with E-state index in [2.05, 4.69) is 10.1 Å². The molecule has 0 spiro atoms. The molecule has 6 heteroatoms. The molecular weight excluding hydrogens is 275 g/mol. The van der Waals surface area contributed by atoms with Gasteiger partial charge in [0, 0.05) is 12.0 Å². The van der Waals surface area contributed by atoms with Crippen molar-refractivity contribution in [3.05, 3.63) is 35.6 Å². The summed E-state index contributed by atoms with van der Waals surface area (Å²) in [6.45, 7) is 0. The molecule has 1 N–H and O–H groups in total. The molecule has 0 aliphatic heterocycles. The van der Waals surface area contributed by atoms with E-state index in [9.17, 15) is 14.0 Å². The van der Waals surface area contributed by atoms with Crippen LogP contribution in [0.2, 0.25) is 0 Å². The van der Waals surface area contributed by atoms with Gasteiger partial charge in [0.05, 0.1) is 13.2 Å². The summed E-state index contributed by atoms with van der Waals surface area (Å²) in [5.41, 5.74) is 0.140. The largest absolute Gasteiger partial charge is 0.467 e. The van der Waals surface area contributed by atoms with E-state index in [-0.39, 0.29) is 5.56 Å². The normalized spacial score (nSPS) is 11.3. The minimum Gasteiger partial charge on any atom is -0.467 e. The van der Waals surface area contributed by atoms with Crippen LogP contribution in [0, 0.1) is 17.1 Å². The van der Waals surface area contributed by atoms with Crippen LogP contribution in [0.25, 0.3) is 0 Å². The van der Waals surface area contributed by atoms with Crippen LogP contribution in [0.15, 0.2) is 24.3 Å². The molecule has 0 saturated heterocycles. The summed E-state index contributed by atoms with van der Waals surface area (Å²) in [6, 6.07) is 6.42. The summed E-state index contributed by atoms with van der Waals surface area (Å²) in [6.07, 6.45) is 2.01. The van der Waals surface area contributed by atoms with Crippen LogP contribution in [0.5, 0.6) is 0 Å². The van der Waals surface area contributed by atoms with Gasteiger partial charge in [-0.3, -0.25) is 4.79 Å². The van der Waals surface area contributed by atoms with Gasteiger partial charge in [0.2, 0.25) is 0 Å². The molecule has 0 aromatic heterocycles. The molecule has 1 atom stereocenters. The van der Waals surface area contributed by atoms with Crippen LogP contribution in [0.1, 0.15) is 36.0 Å². The average Bonchev–Trinajstić information content (AvgIpc) is 2.49. The second kappa shape index (κ2) is 8.69. The summed E-state index contributed by atoms with van der Waals surface area (Å²) in [5, 5.41) is 11.0. The van der Waals surface area contributed by atoms with Crippen LogP contribution in [-0.2, 0) is 9.53 Å². The van der Waals surface area contributed by atoms with E-state index >= 15 is 0 Å². The number of unbranched alkanes of at least 4 members (excludes halogenated alkanes) is 2.